The Morgan fingerprint density at radius 1 is 0.905 bits per heavy atom. The van der Waals surface area contributed by atoms with Crippen molar-refractivity contribution in [3.05, 3.63) is 0 Å². The molecule has 1 heterocycles. The summed E-state index contributed by atoms with van der Waals surface area (Å²) < 4.78 is 71.7. The van der Waals surface area contributed by atoms with Gasteiger partial charge in [0, 0.05) is 26.1 Å². The number of alkyl halides is 5. The number of rotatable bonds is 10. The van der Waals surface area contributed by atoms with Crippen LogP contribution in [-0.2, 0) is 9.47 Å². The fraction of sp³-hybridized carbons (Fsp3) is 1.00. The molecule has 1 aliphatic rings. The van der Waals surface area contributed by atoms with Crippen LogP contribution in [0.2, 0.25) is 0 Å². The van der Waals surface area contributed by atoms with Crippen molar-refractivity contribution in [3.63, 3.8) is 0 Å². The first kappa shape index (κ1) is 18.6. The molecular weight excluding hydrogens is 295 g/mol. The van der Waals surface area contributed by atoms with Gasteiger partial charge in [-0.15, -0.1) is 0 Å². The highest BCUT2D eigenvalue weighted by Gasteiger charge is 2.56. The zero-order valence-corrected chi connectivity index (χ0v) is 12.1. The number of hydrogen-bond acceptors (Lipinski definition) is 2. The summed E-state index contributed by atoms with van der Waals surface area (Å²) in [5.41, 5.74) is 0. The minimum Gasteiger partial charge on any atom is -0.353 e. The second-order valence-electron chi connectivity index (χ2n) is 5.39. The Kier molecular flexibility index (Phi) is 7.87. The SMILES string of the molecule is FC(F)(F)C(F)(F)CCCCCCCCOC1CCCO1. The first-order valence-electron chi connectivity index (χ1n) is 7.51. The Labute approximate surface area is 122 Å². The Morgan fingerprint density at radius 3 is 2.10 bits per heavy atom. The summed E-state index contributed by atoms with van der Waals surface area (Å²) in [6.07, 6.45) is -1.13. The summed E-state index contributed by atoms with van der Waals surface area (Å²) in [5.74, 6) is -4.55. The molecule has 0 amide bonds. The predicted molar refractivity (Wildman–Crippen MR) is 68.2 cm³/mol. The lowest BCUT2D eigenvalue weighted by Crippen LogP contribution is -2.36. The van der Waals surface area contributed by atoms with E-state index in [0.717, 1.165) is 38.7 Å². The molecular formula is C14H23F5O2. The maximum absolute atomic E-state index is 12.6. The number of unbranched alkanes of at least 4 members (excludes halogenated alkanes) is 5. The van der Waals surface area contributed by atoms with Gasteiger partial charge >= 0.3 is 12.1 Å². The van der Waals surface area contributed by atoms with Crippen molar-refractivity contribution in [1.29, 1.82) is 0 Å². The Balaban J connectivity index is 1.88. The van der Waals surface area contributed by atoms with Crippen LogP contribution in [0, 0.1) is 0 Å². The van der Waals surface area contributed by atoms with Crippen molar-refractivity contribution in [1.82, 2.24) is 0 Å². The van der Waals surface area contributed by atoms with E-state index in [1.165, 1.54) is 0 Å². The summed E-state index contributed by atoms with van der Waals surface area (Å²) in [6, 6.07) is 0. The zero-order valence-electron chi connectivity index (χ0n) is 12.1. The molecule has 1 unspecified atom stereocenters. The van der Waals surface area contributed by atoms with E-state index in [-0.39, 0.29) is 12.7 Å². The van der Waals surface area contributed by atoms with Crippen molar-refractivity contribution in [2.24, 2.45) is 0 Å². The molecule has 126 valence electrons. The van der Waals surface area contributed by atoms with Gasteiger partial charge in [0.1, 0.15) is 0 Å². The van der Waals surface area contributed by atoms with Gasteiger partial charge in [-0.2, -0.15) is 22.0 Å². The van der Waals surface area contributed by atoms with E-state index < -0.39 is 18.5 Å². The van der Waals surface area contributed by atoms with Gasteiger partial charge in [0.15, 0.2) is 6.29 Å². The minimum atomic E-state index is -5.42. The van der Waals surface area contributed by atoms with Crippen LogP contribution < -0.4 is 0 Å². The molecule has 1 atom stereocenters. The average molecular weight is 318 g/mol. The molecule has 1 saturated heterocycles. The molecule has 0 N–H and O–H groups in total. The third-order valence-electron chi connectivity index (χ3n) is 3.49. The van der Waals surface area contributed by atoms with Crippen LogP contribution in [0.15, 0.2) is 0 Å². The molecule has 1 aliphatic heterocycles. The Morgan fingerprint density at radius 2 is 1.52 bits per heavy atom. The molecule has 0 aromatic heterocycles. The highest BCUT2D eigenvalue weighted by molar-refractivity contribution is 4.75. The predicted octanol–water partition coefficient (Wildman–Crippen LogP) is 5.07. The van der Waals surface area contributed by atoms with Gasteiger partial charge in [0.25, 0.3) is 0 Å². The van der Waals surface area contributed by atoms with E-state index in [2.05, 4.69) is 0 Å². The summed E-state index contributed by atoms with van der Waals surface area (Å²) in [6.45, 7) is 1.35. The summed E-state index contributed by atoms with van der Waals surface area (Å²) in [5, 5.41) is 0. The van der Waals surface area contributed by atoms with Crippen molar-refractivity contribution in [3.8, 4) is 0 Å². The van der Waals surface area contributed by atoms with Gasteiger partial charge in [-0.1, -0.05) is 25.7 Å². The van der Waals surface area contributed by atoms with E-state index in [1.807, 2.05) is 0 Å². The Hall–Kier alpha value is -0.430. The maximum atomic E-state index is 12.6. The van der Waals surface area contributed by atoms with Gasteiger partial charge < -0.3 is 9.47 Å². The van der Waals surface area contributed by atoms with Crippen LogP contribution in [0.25, 0.3) is 0 Å². The third kappa shape index (κ3) is 7.40. The zero-order chi connectivity index (χ0) is 15.8. The molecule has 0 aromatic carbocycles. The standard InChI is InChI=1S/C14H23F5O2/c15-13(16,14(17,18)19)9-5-3-1-2-4-6-10-20-12-8-7-11-21-12/h12H,1-11H2. The fourth-order valence-corrected chi connectivity index (χ4v) is 2.19. The summed E-state index contributed by atoms with van der Waals surface area (Å²) in [4.78, 5) is 0. The van der Waals surface area contributed by atoms with E-state index >= 15 is 0 Å². The highest BCUT2D eigenvalue weighted by Crippen LogP contribution is 2.39. The van der Waals surface area contributed by atoms with Crippen LogP contribution in [0.1, 0.15) is 57.8 Å². The molecule has 1 fully saturated rings. The van der Waals surface area contributed by atoms with E-state index in [9.17, 15) is 22.0 Å². The smallest absolute Gasteiger partial charge is 0.353 e. The first-order valence-corrected chi connectivity index (χ1v) is 7.51. The maximum Gasteiger partial charge on any atom is 0.453 e. The van der Waals surface area contributed by atoms with Crippen molar-refractivity contribution < 1.29 is 31.4 Å². The topological polar surface area (TPSA) is 18.5 Å². The molecule has 0 spiro atoms. The van der Waals surface area contributed by atoms with Crippen LogP contribution >= 0.6 is 0 Å². The number of hydrogen-bond donors (Lipinski definition) is 0. The minimum absolute atomic E-state index is 0.0883. The molecule has 0 aliphatic carbocycles. The molecule has 21 heavy (non-hydrogen) atoms. The normalized spacial score (nSPS) is 20.1. The molecule has 7 heteroatoms. The van der Waals surface area contributed by atoms with E-state index in [4.69, 9.17) is 9.47 Å². The lowest BCUT2D eigenvalue weighted by atomic mass is 10.1. The van der Waals surface area contributed by atoms with E-state index in [0.29, 0.717) is 19.4 Å². The van der Waals surface area contributed by atoms with Gasteiger partial charge in [0.2, 0.25) is 0 Å². The van der Waals surface area contributed by atoms with E-state index in [1.54, 1.807) is 0 Å². The van der Waals surface area contributed by atoms with Gasteiger partial charge in [-0.25, -0.2) is 0 Å². The van der Waals surface area contributed by atoms with Gasteiger partial charge in [-0.3, -0.25) is 0 Å². The fourth-order valence-electron chi connectivity index (χ4n) is 2.19. The quantitative estimate of drug-likeness (QED) is 0.414. The van der Waals surface area contributed by atoms with Crippen molar-refractivity contribution >= 4 is 0 Å². The first-order chi connectivity index (χ1) is 9.83. The molecule has 2 nitrogen and oxygen atoms in total. The molecule has 1 rings (SSSR count). The molecule has 0 radical (unpaired) electrons. The third-order valence-corrected chi connectivity index (χ3v) is 3.49. The van der Waals surface area contributed by atoms with Crippen LogP contribution in [-0.4, -0.2) is 31.6 Å². The van der Waals surface area contributed by atoms with Gasteiger partial charge in [-0.05, 0) is 19.3 Å². The summed E-state index contributed by atoms with van der Waals surface area (Å²) in [7, 11) is 0. The summed E-state index contributed by atoms with van der Waals surface area (Å²) >= 11 is 0. The van der Waals surface area contributed by atoms with Gasteiger partial charge in [0.05, 0.1) is 0 Å². The molecule has 0 aromatic rings. The van der Waals surface area contributed by atoms with Crippen LogP contribution in [0.3, 0.4) is 0 Å². The van der Waals surface area contributed by atoms with Crippen molar-refractivity contribution in [2.45, 2.75) is 76.2 Å². The lowest BCUT2D eigenvalue weighted by molar-refractivity contribution is -0.284. The molecule has 0 saturated carbocycles. The molecule has 0 bridgehead atoms. The van der Waals surface area contributed by atoms with Crippen LogP contribution in [0.4, 0.5) is 22.0 Å². The highest BCUT2D eigenvalue weighted by atomic mass is 19.4. The monoisotopic (exact) mass is 318 g/mol. The van der Waals surface area contributed by atoms with Crippen molar-refractivity contribution in [2.75, 3.05) is 13.2 Å². The lowest BCUT2D eigenvalue weighted by Gasteiger charge is -2.19. The van der Waals surface area contributed by atoms with Crippen LogP contribution in [0.5, 0.6) is 0 Å². The Bertz CT molecular complexity index is 275. The largest absolute Gasteiger partial charge is 0.453 e. The second kappa shape index (κ2) is 8.88. The number of halogens is 5. The number of ether oxygens (including phenoxy) is 2. The average Bonchev–Trinajstić information content (AvgIpc) is 2.88. The second-order valence-corrected chi connectivity index (χ2v) is 5.39.